The highest BCUT2D eigenvalue weighted by atomic mass is 14.8. The topological polar surface area (TPSA) is 104 Å². The summed E-state index contributed by atoms with van der Waals surface area (Å²) in [6.07, 6.45) is 3.00. The Morgan fingerprint density at radius 3 is 2.07 bits per heavy atom. The van der Waals surface area contributed by atoms with Gasteiger partial charge in [-0.05, 0) is 31.3 Å². The van der Waals surface area contributed by atoms with E-state index in [1.54, 1.807) is 0 Å². The van der Waals surface area contributed by atoms with E-state index in [9.17, 15) is 0 Å². The van der Waals surface area contributed by atoms with Gasteiger partial charge in [-0.25, -0.2) is 0 Å². The van der Waals surface area contributed by atoms with E-state index in [2.05, 4.69) is 13.8 Å². The standard InChI is InChI=1S/C10H26N4/c1-10(2,7-12)9(14)8(13)5-3-4-6-11/h8-9H,3-7,11-14H2,1-2H3. The van der Waals surface area contributed by atoms with Crippen molar-refractivity contribution in [3.05, 3.63) is 0 Å². The fraction of sp³-hybridized carbons (Fsp3) is 1.00. The molecule has 2 unspecified atom stereocenters. The van der Waals surface area contributed by atoms with Crippen molar-refractivity contribution >= 4 is 0 Å². The molecule has 0 spiro atoms. The van der Waals surface area contributed by atoms with E-state index in [4.69, 9.17) is 22.9 Å². The van der Waals surface area contributed by atoms with Crippen molar-refractivity contribution in [3.8, 4) is 0 Å². The lowest BCUT2D eigenvalue weighted by atomic mass is 9.80. The summed E-state index contributed by atoms with van der Waals surface area (Å²) in [5, 5.41) is 0. The first-order valence-corrected chi connectivity index (χ1v) is 5.37. The van der Waals surface area contributed by atoms with Crippen LogP contribution in [0, 0.1) is 5.41 Å². The van der Waals surface area contributed by atoms with Gasteiger partial charge in [0, 0.05) is 12.1 Å². The van der Waals surface area contributed by atoms with Gasteiger partial charge in [-0.1, -0.05) is 20.3 Å². The minimum absolute atomic E-state index is 0.0279. The molecule has 0 aliphatic rings. The van der Waals surface area contributed by atoms with Gasteiger partial charge in [0.25, 0.3) is 0 Å². The molecule has 4 nitrogen and oxygen atoms in total. The van der Waals surface area contributed by atoms with Crippen LogP contribution in [-0.2, 0) is 0 Å². The highest BCUT2D eigenvalue weighted by Crippen LogP contribution is 2.20. The van der Waals surface area contributed by atoms with Crippen molar-refractivity contribution < 1.29 is 0 Å². The number of unbranched alkanes of at least 4 members (excludes halogenated alkanes) is 1. The van der Waals surface area contributed by atoms with E-state index in [-0.39, 0.29) is 17.5 Å². The Kier molecular flexibility index (Phi) is 6.27. The first-order chi connectivity index (χ1) is 6.45. The predicted molar refractivity (Wildman–Crippen MR) is 61.7 cm³/mol. The summed E-state index contributed by atoms with van der Waals surface area (Å²) in [7, 11) is 0. The Balaban J connectivity index is 3.92. The number of nitrogens with two attached hydrogens (primary N) is 4. The van der Waals surface area contributed by atoms with Crippen molar-refractivity contribution in [1.29, 1.82) is 0 Å². The van der Waals surface area contributed by atoms with Gasteiger partial charge in [-0.2, -0.15) is 0 Å². The first-order valence-electron chi connectivity index (χ1n) is 5.37. The van der Waals surface area contributed by atoms with Crippen LogP contribution in [0.25, 0.3) is 0 Å². The molecule has 14 heavy (non-hydrogen) atoms. The molecule has 0 saturated carbocycles. The Bertz CT molecular complexity index is 147. The van der Waals surface area contributed by atoms with E-state index < -0.39 is 0 Å². The molecule has 8 N–H and O–H groups in total. The lowest BCUT2D eigenvalue weighted by Crippen LogP contribution is -2.53. The molecule has 0 radical (unpaired) electrons. The van der Waals surface area contributed by atoms with Crippen LogP contribution in [0.2, 0.25) is 0 Å². The van der Waals surface area contributed by atoms with E-state index >= 15 is 0 Å². The second-order valence-electron chi connectivity index (χ2n) is 4.67. The molecule has 0 aliphatic heterocycles. The third-order valence-corrected chi connectivity index (χ3v) is 2.88. The van der Waals surface area contributed by atoms with Gasteiger partial charge in [-0.3, -0.25) is 0 Å². The van der Waals surface area contributed by atoms with Crippen LogP contribution in [-0.4, -0.2) is 25.2 Å². The van der Waals surface area contributed by atoms with E-state index in [0.29, 0.717) is 6.54 Å². The maximum atomic E-state index is 6.05. The Hall–Kier alpha value is -0.160. The number of hydrogen-bond acceptors (Lipinski definition) is 4. The van der Waals surface area contributed by atoms with Gasteiger partial charge < -0.3 is 22.9 Å². The molecular weight excluding hydrogens is 176 g/mol. The van der Waals surface area contributed by atoms with Crippen LogP contribution in [0.5, 0.6) is 0 Å². The van der Waals surface area contributed by atoms with Crippen LogP contribution in [0.1, 0.15) is 33.1 Å². The lowest BCUT2D eigenvalue weighted by molar-refractivity contribution is 0.252. The molecule has 4 heteroatoms. The van der Waals surface area contributed by atoms with Crippen LogP contribution in [0.4, 0.5) is 0 Å². The summed E-state index contributed by atoms with van der Waals surface area (Å²) in [4.78, 5) is 0. The molecular formula is C10H26N4. The van der Waals surface area contributed by atoms with Gasteiger partial charge in [0.1, 0.15) is 0 Å². The fourth-order valence-electron chi connectivity index (χ4n) is 1.42. The fourth-order valence-corrected chi connectivity index (χ4v) is 1.42. The van der Waals surface area contributed by atoms with Crippen molar-refractivity contribution in [2.75, 3.05) is 13.1 Å². The summed E-state index contributed by atoms with van der Waals surface area (Å²) < 4.78 is 0. The molecule has 0 saturated heterocycles. The maximum Gasteiger partial charge on any atom is 0.0256 e. The van der Waals surface area contributed by atoms with E-state index in [1.165, 1.54) is 0 Å². The molecule has 0 fully saturated rings. The second-order valence-corrected chi connectivity index (χ2v) is 4.67. The summed E-state index contributed by atoms with van der Waals surface area (Å²) in [5.41, 5.74) is 23.0. The van der Waals surface area contributed by atoms with E-state index in [0.717, 1.165) is 25.8 Å². The van der Waals surface area contributed by atoms with Gasteiger partial charge in [0.15, 0.2) is 0 Å². The monoisotopic (exact) mass is 202 g/mol. The van der Waals surface area contributed by atoms with Gasteiger partial charge in [0.2, 0.25) is 0 Å². The van der Waals surface area contributed by atoms with Gasteiger partial charge in [0.05, 0.1) is 0 Å². The summed E-state index contributed by atoms with van der Waals surface area (Å²) in [6, 6.07) is -0.00891. The highest BCUT2D eigenvalue weighted by molar-refractivity contribution is 4.89. The van der Waals surface area contributed by atoms with Crippen molar-refractivity contribution in [1.82, 2.24) is 0 Å². The van der Waals surface area contributed by atoms with Gasteiger partial charge in [-0.15, -0.1) is 0 Å². The third kappa shape index (κ3) is 4.37. The molecule has 0 rings (SSSR count). The normalized spacial score (nSPS) is 16.7. The third-order valence-electron chi connectivity index (χ3n) is 2.88. The number of rotatable bonds is 7. The highest BCUT2D eigenvalue weighted by Gasteiger charge is 2.29. The Morgan fingerprint density at radius 1 is 1.07 bits per heavy atom. The van der Waals surface area contributed by atoms with Crippen LogP contribution in [0.15, 0.2) is 0 Å². The van der Waals surface area contributed by atoms with Crippen LogP contribution in [0.3, 0.4) is 0 Å². The molecule has 0 bridgehead atoms. The SMILES string of the molecule is CC(C)(CN)C(N)C(N)CCCCN. The van der Waals surface area contributed by atoms with E-state index in [1.807, 2.05) is 0 Å². The molecule has 0 aromatic rings. The first kappa shape index (κ1) is 13.8. The van der Waals surface area contributed by atoms with Crippen molar-refractivity contribution in [2.45, 2.75) is 45.2 Å². The Labute approximate surface area is 87.4 Å². The zero-order valence-electron chi connectivity index (χ0n) is 9.50. The largest absolute Gasteiger partial charge is 0.330 e. The number of hydrogen-bond donors (Lipinski definition) is 4. The van der Waals surface area contributed by atoms with Crippen LogP contribution < -0.4 is 22.9 Å². The van der Waals surface area contributed by atoms with Crippen LogP contribution >= 0.6 is 0 Å². The summed E-state index contributed by atoms with van der Waals surface area (Å²) >= 11 is 0. The minimum Gasteiger partial charge on any atom is -0.330 e. The predicted octanol–water partition coefficient (Wildman–Crippen LogP) is -0.245. The quantitative estimate of drug-likeness (QED) is 0.427. The maximum absolute atomic E-state index is 6.05. The Morgan fingerprint density at radius 2 is 1.64 bits per heavy atom. The average Bonchev–Trinajstić information content (AvgIpc) is 2.17. The molecule has 0 aliphatic carbocycles. The molecule has 0 aromatic carbocycles. The zero-order valence-corrected chi connectivity index (χ0v) is 9.50. The smallest absolute Gasteiger partial charge is 0.0256 e. The zero-order chi connectivity index (χ0) is 11.2. The molecule has 0 heterocycles. The lowest BCUT2D eigenvalue weighted by Gasteiger charge is -2.34. The minimum atomic E-state index is -0.0812. The van der Waals surface area contributed by atoms with Crippen molar-refractivity contribution in [2.24, 2.45) is 28.3 Å². The molecule has 2 atom stereocenters. The average molecular weight is 202 g/mol. The molecule has 86 valence electrons. The van der Waals surface area contributed by atoms with Crippen molar-refractivity contribution in [3.63, 3.8) is 0 Å². The molecule has 0 aromatic heterocycles. The molecule has 0 amide bonds. The summed E-state index contributed by atoms with van der Waals surface area (Å²) in [5.74, 6) is 0. The summed E-state index contributed by atoms with van der Waals surface area (Å²) in [6.45, 7) is 5.40. The van der Waals surface area contributed by atoms with Gasteiger partial charge >= 0.3 is 0 Å². The second kappa shape index (κ2) is 6.35.